The number of hydrogen-bond donors (Lipinski definition) is 2. The average Bonchev–Trinajstić information content (AvgIpc) is 3.05. The van der Waals surface area contributed by atoms with Crippen molar-refractivity contribution in [1.82, 2.24) is 10.2 Å². The van der Waals surface area contributed by atoms with E-state index >= 15 is 0 Å². The standard InChI is InChI=1S/C14H14FN3OS/c15-11-3-1-10(2-4-11)12-6-16-17-14(12)18-7-9(8-20)5-13(18)19/h1-4,6,9,20H,5,7-8H2,(H,16,17). The van der Waals surface area contributed by atoms with Gasteiger partial charge in [-0.3, -0.25) is 14.8 Å². The van der Waals surface area contributed by atoms with Crippen LogP contribution >= 0.6 is 12.6 Å². The Morgan fingerprint density at radius 3 is 2.80 bits per heavy atom. The van der Waals surface area contributed by atoms with Crippen LogP contribution in [0.1, 0.15) is 6.42 Å². The maximum absolute atomic E-state index is 13.0. The Bertz CT molecular complexity index is 626. The van der Waals surface area contributed by atoms with Gasteiger partial charge in [0.1, 0.15) is 11.6 Å². The van der Waals surface area contributed by atoms with Crippen molar-refractivity contribution in [2.24, 2.45) is 5.92 Å². The molecule has 6 heteroatoms. The molecule has 1 unspecified atom stereocenters. The second-order valence-electron chi connectivity index (χ2n) is 4.90. The summed E-state index contributed by atoms with van der Waals surface area (Å²) in [6, 6.07) is 6.16. The van der Waals surface area contributed by atoms with Gasteiger partial charge in [-0.25, -0.2) is 4.39 Å². The Kier molecular flexibility index (Phi) is 3.48. The number of amides is 1. The number of H-pyrrole nitrogens is 1. The number of anilines is 1. The average molecular weight is 291 g/mol. The molecule has 1 aromatic carbocycles. The smallest absolute Gasteiger partial charge is 0.228 e. The van der Waals surface area contributed by atoms with Crippen molar-refractivity contribution < 1.29 is 9.18 Å². The van der Waals surface area contributed by atoms with Crippen LogP contribution in [0.4, 0.5) is 10.2 Å². The molecule has 0 spiro atoms. The van der Waals surface area contributed by atoms with Crippen molar-refractivity contribution in [2.45, 2.75) is 6.42 Å². The van der Waals surface area contributed by atoms with E-state index in [0.29, 0.717) is 24.5 Å². The number of nitrogens with one attached hydrogen (secondary N) is 1. The van der Waals surface area contributed by atoms with Crippen LogP contribution in [0.3, 0.4) is 0 Å². The van der Waals surface area contributed by atoms with E-state index in [1.165, 1.54) is 12.1 Å². The van der Waals surface area contributed by atoms with Gasteiger partial charge in [-0.1, -0.05) is 12.1 Å². The first-order chi connectivity index (χ1) is 9.69. The fourth-order valence-corrected chi connectivity index (χ4v) is 2.69. The highest BCUT2D eigenvalue weighted by Crippen LogP contribution is 2.32. The summed E-state index contributed by atoms with van der Waals surface area (Å²) in [6.07, 6.45) is 2.16. The van der Waals surface area contributed by atoms with Gasteiger partial charge < -0.3 is 0 Å². The zero-order valence-electron chi connectivity index (χ0n) is 10.7. The predicted octanol–water partition coefficient (Wildman–Crippen LogP) is 2.50. The Morgan fingerprint density at radius 1 is 1.40 bits per heavy atom. The summed E-state index contributed by atoms with van der Waals surface area (Å²) in [5, 5.41) is 6.89. The quantitative estimate of drug-likeness (QED) is 0.854. The van der Waals surface area contributed by atoms with Crippen molar-refractivity contribution >= 4 is 24.4 Å². The van der Waals surface area contributed by atoms with Crippen molar-refractivity contribution in [3.8, 4) is 11.1 Å². The monoisotopic (exact) mass is 291 g/mol. The van der Waals surface area contributed by atoms with Crippen LogP contribution in [0, 0.1) is 11.7 Å². The topological polar surface area (TPSA) is 49.0 Å². The minimum atomic E-state index is -0.286. The van der Waals surface area contributed by atoms with Gasteiger partial charge in [0.25, 0.3) is 0 Å². The number of thiol groups is 1. The molecule has 1 aromatic heterocycles. The lowest BCUT2D eigenvalue weighted by molar-refractivity contribution is -0.117. The SMILES string of the molecule is O=C1CC(CS)CN1c1[nH]ncc1-c1ccc(F)cc1. The van der Waals surface area contributed by atoms with Crippen LogP contribution in [-0.4, -0.2) is 28.4 Å². The summed E-state index contributed by atoms with van der Waals surface area (Å²) < 4.78 is 13.0. The maximum Gasteiger partial charge on any atom is 0.228 e. The molecule has 104 valence electrons. The first-order valence-corrected chi connectivity index (χ1v) is 7.03. The van der Waals surface area contributed by atoms with E-state index in [1.54, 1.807) is 23.2 Å². The normalized spacial score (nSPS) is 18.8. The lowest BCUT2D eigenvalue weighted by atomic mass is 10.1. The van der Waals surface area contributed by atoms with Crippen molar-refractivity contribution in [1.29, 1.82) is 0 Å². The van der Waals surface area contributed by atoms with Crippen LogP contribution in [-0.2, 0) is 4.79 Å². The van der Waals surface area contributed by atoms with Gasteiger partial charge in [-0.2, -0.15) is 17.7 Å². The number of carbonyl (C=O) groups is 1. The predicted molar refractivity (Wildman–Crippen MR) is 78.3 cm³/mol. The number of aromatic amines is 1. The second-order valence-corrected chi connectivity index (χ2v) is 5.26. The van der Waals surface area contributed by atoms with Crippen LogP contribution in [0.15, 0.2) is 30.5 Å². The largest absolute Gasteiger partial charge is 0.296 e. The first kappa shape index (κ1) is 13.2. The minimum absolute atomic E-state index is 0.0664. The molecule has 3 rings (SSSR count). The molecular formula is C14H14FN3OS. The Hall–Kier alpha value is -1.82. The minimum Gasteiger partial charge on any atom is -0.296 e. The molecule has 2 aromatic rings. The summed E-state index contributed by atoms with van der Waals surface area (Å²) in [5.74, 6) is 1.39. The molecule has 2 heterocycles. The fraction of sp³-hybridized carbons (Fsp3) is 0.286. The molecule has 1 N–H and O–H groups in total. The third-order valence-corrected chi connectivity index (χ3v) is 4.02. The van der Waals surface area contributed by atoms with E-state index < -0.39 is 0 Å². The number of benzene rings is 1. The molecule has 1 aliphatic heterocycles. The number of rotatable bonds is 3. The third kappa shape index (κ3) is 2.31. The molecule has 1 aliphatic rings. The summed E-state index contributed by atoms with van der Waals surface area (Å²) in [7, 11) is 0. The number of carbonyl (C=O) groups excluding carboxylic acids is 1. The highest BCUT2D eigenvalue weighted by atomic mass is 32.1. The molecule has 0 saturated carbocycles. The number of aromatic nitrogens is 2. The van der Waals surface area contributed by atoms with Gasteiger partial charge in [0, 0.05) is 18.5 Å². The zero-order chi connectivity index (χ0) is 14.1. The van der Waals surface area contributed by atoms with Gasteiger partial charge in [0.15, 0.2) is 0 Å². The number of hydrogen-bond acceptors (Lipinski definition) is 3. The molecule has 4 nitrogen and oxygen atoms in total. The highest BCUT2D eigenvalue weighted by Gasteiger charge is 2.32. The van der Waals surface area contributed by atoms with Gasteiger partial charge in [-0.05, 0) is 29.4 Å². The van der Waals surface area contributed by atoms with E-state index in [9.17, 15) is 9.18 Å². The van der Waals surface area contributed by atoms with Crippen LogP contribution in [0.25, 0.3) is 11.1 Å². The van der Waals surface area contributed by atoms with Crippen molar-refractivity contribution in [3.05, 3.63) is 36.3 Å². The fourth-order valence-electron chi connectivity index (χ4n) is 2.45. The molecule has 0 bridgehead atoms. The number of halogens is 1. The van der Waals surface area contributed by atoms with E-state index in [1.807, 2.05) is 0 Å². The molecule has 1 fully saturated rings. The molecule has 0 aliphatic carbocycles. The van der Waals surface area contributed by atoms with Crippen molar-refractivity contribution in [2.75, 3.05) is 17.2 Å². The summed E-state index contributed by atoms with van der Waals surface area (Å²) in [4.78, 5) is 13.8. The zero-order valence-corrected chi connectivity index (χ0v) is 11.6. The Labute approximate surface area is 121 Å². The van der Waals surface area contributed by atoms with E-state index in [2.05, 4.69) is 22.8 Å². The third-order valence-electron chi connectivity index (χ3n) is 3.51. The molecule has 1 saturated heterocycles. The highest BCUT2D eigenvalue weighted by molar-refractivity contribution is 7.80. The molecule has 1 atom stereocenters. The first-order valence-electron chi connectivity index (χ1n) is 6.39. The second kappa shape index (κ2) is 5.28. The van der Waals surface area contributed by atoms with Crippen LogP contribution < -0.4 is 4.90 Å². The molecular weight excluding hydrogens is 277 g/mol. The van der Waals surface area contributed by atoms with Gasteiger partial charge in [0.05, 0.1) is 6.20 Å². The summed E-state index contributed by atoms with van der Waals surface area (Å²) >= 11 is 4.25. The van der Waals surface area contributed by atoms with Crippen molar-refractivity contribution in [3.63, 3.8) is 0 Å². The lowest BCUT2D eigenvalue weighted by Crippen LogP contribution is -2.25. The van der Waals surface area contributed by atoms with E-state index in [0.717, 1.165) is 11.1 Å². The maximum atomic E-state index is 13.0. The van der Waals surface area contributed by atoms with Gasteiger partial charge in [-0.15, -0.1) is 0 Å². The summed E-state index contributed by atoms with van der Waals surface area (Å²) in [5.41, 5.74) is 1.63. The number of nitrogens with zero attached hydrogens (tertiary/aromatic N) is 2. The van der Waals surface area contributed by atoms with Crippen LogP contribution in [0.5, 0.6) is 0 Å². The lowest BCUT2D eigenvalue weighted by Gasteiger charge is -2.16. The van der Waals surface area contributed by atoms with Crippen LogP contribution in [0.2, 0.25) is 0 Å². The van der Waals surface area contributed by atoms with Gasteiger partial charge in [0.2, 0.25) is 5.91 Å². The Morgan fingerprint density at radius 2 is 2.15 bits per heavy atom. The Balaban J connectivity index is 1.94. The molecule has 0 radical (unpaired) electrons. The molecule has 1 amide bonds. The molecule has 20 heavy (non-hydrogen) atoms. The van der Waals surface area contributed by atoms with Gasteiger partial charge >= 0.3 is 0 Å². The van der Waals surface area contributed by atoms with E-state index in [4.69, 9.17) is 0 Å². The summed E-state index contributed by atoms with van der Waals surface area (Å²) in [6.45, 7) is 0.638. The van der Waals surface area contributed by atoms with E-state index in [-0.39, 0.29) is 17.6 Å².